The summed E-state index contributed by atoms with van der Waals surface area (Å²) in [7, 11) is -1.12. The van der Waals surface area contributed by atoms with Crippen LogP contribution in [0.15, 0.2) is 18.3 Å². The Morgan fingerprint density at radius 3 is 2.89 bits per heavy atom. The van der Waals surface area contributed by atoms with Gasteiger partial charge in [0, 0.05) is 18.8 Å². The molecule has 1 saturated heterocycles. The predicted octanol–water partition coefficient (Wildman–Crippen LogP) is 0.399. The first kappa shape index (κ1) is 14.0. The minimum absolute atomic E-state index is 0.0233. The van der Waals surface area contributed by atoms with Crippen LogP contribution in [0.4, 0.5) is 0 Å². The normalized spacial score (nSPS) is 21.7. The van der Waals surface area contributed by atoms with Gasteiger partial charge in [0.05, 0.1) is 11.5 Å². The average molecular weight is 284 g/mol. The molecule has 7 heteroatoms. The number of carboxylic acid groups (broad SMARTS) is 1. The predicted molar refractivity (Wildman–Crippen MR) is 69.7 cm³/mol. The van der Waals surface area contributed by atoms with E-state index in [-0.39, 0.29) is 23.2 Å². The van der Waals surface area contributed by atoms with E-state index >= 15 is 0 Å². The summed E-state index contributed by atoms with van der Waals surface area (Å²) in [6.07, 6.45) is 2.04. The van der Waals surface area contributed by atoms with Crippen LogP contribution in [0.2, 0.25) is 0 Å². The molecule has 2 rings (SSSR count). The number of carboxylic acids is 1. The highest BCUT2D eigenvalue weighted by Crippen LogP contribution is 2.19. The molecule has 1 aromatic heterocycles. The van der Waals surface area contributed by atoms with Gasteiger partial charge in [0.1, 0.15) is 0 Å². The van der Waals surface area contributed by atoms with Crippen LogP contribution in [-0.2, 0) is 16.4 Å². The van der Waals surface area contributed by atoms with Crippen molar-refractivity contribution >= 4 is 15.8 Å². The topological polar surface area (TPSA) is 87.6 Å². The van der Waals surface area contributed by atoms with Gasteiger partial charge in [-0.1, -0.05) is 6.07 Å². The Morgan fingerprint density at radius 1 is 1.58 bits per heavy atom. The van der Waals surface area contributed by atoms with E-state index in [2.05, 4.69) is 4.98 Å². The molecule has 0 amide bonds. The first-order chi connectivity index (χ1) is 8.89. The number of aromatic nitrogens is 1. The summed E-state index contributed by atoms with van der Waals surface area (Å²) in [5.41, 5.74) is 0.622. The largest absolute Gasteiger partial charge is 0.477 e. The smallest absolute Gasteiger partial charge is 0.354 e. The molecule has 19 heavy (non-hydrogen) atoms. The van der Waals surface area contributed by atoms with Crippen molar-refractivity contribution in [3.63, 3.8) is 0 Å². The fourth-order valence-corrected chi connectivity index (χ4v) is 4.08. The molecule has 0 radical (unpaired) electrons. The van der Waals surface area contributed by atoms with Crippen LogP contribution in [0, 0.1) is 0 Å². The fraction of sp³-hybridized carbons (Fsp3) is 0.500. The van der Waals surface area contributed by atoms with E-state index in [0.29, 0.717) is 18.5 Å². The van der Waals surface area contributed by atoms with Crippen LogP contribution in [0.25, 0.3) is 0 Å². The number of carbonyl (C=O) groups is 1. The van der Waals surface area contributed by atoms with Crippen LogP contribution < -0.4 is 0 Å². The van der Waals surface area contributed by atoms with E-state index in [4.69, 9.17) is 5.11 Å². The van der Waals surface area contributed by atoms with Crippen molar-refractivity contribution in [3.05, 3.63) is 29.6 Å². The second-order valence-corrected chi connectivity index (χ2v) is 7.02. The van der Waals surface area contributed by atoms with E-state index in [1.54, 1.807) is 12.1 Å². The minimum atomic E-state index is -2.93. The zero-order valence-corrected chi connectivity index (χ0v) is 11.4. The lowest BCUT2D eigenvalue weighted by atomic mass is 10.1. The quantitative estimate of drug-likeness (QED) is 0.861. The van der Waals surface area contributed by atoms with Gasteiger partial charge in [-0.05, 0) is 25.1 Å². The third-order valence-corrected chi connectivity index (χ3v) is 5.10. The second-order valence-electron chi connectivity index (χ2n) is 4.79. The highest BCUT2D eigenvalue weighted by atomic mass is 32.2. The van der Waals surface area contributed by atoms with Crippen molar-refractivity contribution in [2.75, 3.05) is 18.6 Å². The number of aromatic carboxylic acids is 1. The van der Waals surface area contributed by atoms with Gasteiger partial charge in [-0.2, -0.15) is 0 Å². The molecule has 1 atom stereocenters. The standard InChI is InChI=1S/C12H16N2O4S/c1-14(10-4-6-19(17,18)8-10)7-9-3-2-5-13-11(9)12(15)16/h2-3,5,10H,4,6-8H2,1H3,(H,15,16). The molecule has 6 nitrogen and oxygen atoms in total. The maximum atomic E-state index is 11.4. The SMILES string of the molecule is CN(Cc1cccnc1C(=O)O)C1CCS(=O)(=O)C1. The van der Waals surface area contributed by atoms with Gasteiger partial charge < -0.3 is 5.11 Å². The van der Waals surface area contributed by atoms with E-state index in [0.717, 1.165) is 0 Å². The Hall–Kier alpha value is -1.47. The van der Waals surface area contributed by atoms with Crippen molar-refractivity contribution in [2.24, 2.45) is 0 Å². The van der Waals surface area contributed by atoms with Crippen molar-refractivity contribution in [2.45, 2.75) is 19.0 Å². The maximum absolute atomic E-state index is 11.4. The molecule has 1 aliphatic heterocycles. The Labute approximate surface area is 112 Å². The summed E-state index contributed by atoms with van der Waals surface area (Å²) < 4.78 is 22.9. The van der Waals surface area contributed by atoms with Crippen LogP contribution in [-0.4, -0.2) is 54.0 Å². The molecule has 104 valence electrons. The molecule has 1 unspecified atom stereocenters. The summed E-state index contributed by atoms with van der Waals surface area (Å²) >= 11 is 0. The zero-order chi connectivity index (χ0) is 14.0. The Morgan fingerprint density at radius 2 is 2.32 bits per heavy atom. The summed E-state index contributed by atoms with van der Waals surface area (Å²) in [6.45, 7) is 0.385. The van der Waals surface area contributed by atoms with Gasteiger partial charge in [0.15, 0.2) is 15.5 Å². The van der Waals surface area contributed by atoms with Crippen LogP contribution >= 0.6 is 0 Å². The van der Waals surface area contributed by atoms with Crippen molar-refractivity contribution in [3.8, 4) is 0 Å². The molecule has 0 aliphatic carbocycles. The van der Waals surface area contributed by atoms with Gasteiger partial charge in [0.25, 0.3) is 0 Å². The number of hydrogen-bond acceptors (Lipinski definition) is 5. The number of sulfone groups is 1. The highest BCUT2D eigenvalue weighted by Gasteiger charge is 2.31. The molecular weight excluding hydrogens is 268 g/mol. The lowest BCUT2D eigenvalue weighted by Crippen LogP contribution is -2.32. The highest BCUT2D eigenvalue weighted by molar-refractivity contribution is 7.91. The summed E-state index contributed by atoms with van der Waals surface area (Å²) in [5, 5.41) is 9.05. The molecule has 2 heterocycles. The van der Waals surface area contributed by atoms with Gasteiger partial charge in [0.2, 0.25) is 0 Å². The lowest BCUT2D eigenvalue weighted by Gasteiger charge is -2.23. The Balaban J connectivity index is 2.12. The van der Waals surface area contributed by atoms with Gasteiger partial charge >= 0.3 is 5.97 Å². The molecule has 0 aromatic carbocycles. The number of nitrogens with zero attached hydrogens (tertiary/aromatic N) is 2. The first-order valence-corrected chi connectivity index (χ1v) is 7.79. The number of hydrogen-bond donors (Lipinski definition) is 1. The monoisotopic (exact) mass is 284 g/mol. The molecule has 0 bridgehead atoms. The second kappa shape index (κ2) is 5.26. The van der Waals surface area contributed by atoms with Crippen molar-refractivity contribution in [1.29, 1.82) is 0 Å². The number of pyridine rings is 1. The van der Waals surface area contributed by atoms with Crippen LogP contribution in [0.1, 0.15) is 22.5 Å². The summed E-state index contributed by atoms with van der Waals surface area (Å²) in [6, 6.07) is 3.34. The molecular formula is C12H16N2O4S. The Bertz CT molecular complexity index is 585. The van der Waals surface area contributed by atoms with E-state index < -0.39 is 15.8 Å². The molecule has 1 aromatic rings. The van der Waals surface area contributed by atoms with Crippen molar-refractivity contribution in [1.82, 2.24) is 9.88 Å². The third kappa shape index (κ3) is 3.30. The van der Waals surface area contributed by atoms with E-state index in [1.165, 1.54) is 6.20 Å². The molecule has 0 spiro atoms. The fourth-order valence-electron chi connectivity index (χ4n) is 2.28. The molecule has 0 saturated carbocycles. The third-order valence-electron chi connectivity index (χ3n) is 3.35. The molecule has 1 aliphatic rings. The minimum Gasteiger partial charge on any atom is -0.477 e. The van der Waals surface area contributed by atoms with Gasteiger partial charge in [-0.15, -0.1) is 0 Å². The zero-order valence-electron chi connectivity index (χ0n) is 10.6. The van der Waals surface area contributed by atoms with E-state index in [1.807, 2.05) is 11.9 Å². The van der Waals surface area contributed by atoms with Gasteiger partial charge in [-0.25, -0.2) is 18.2 Å². The van der Waals surface area contributed by atoms with Crippen LogP contribution in [0.3, 0.4) is 0 Å². The van der Waals surface area contributed by atoms with Gasteiger partial charge in [-0.3, -0.25) is 4.90 Å². The first-order valence-electron chi connectivity index (χ1n) is 5.97. The molecule has 1 fully saturated rings. The summed E-state index contributed by atoms with van der Waals surface area (Å²) in [5.74, 6) is -0.712. The maximum Gasteiger partial charge on any atom is 0.354 e. The van der Waals surface area contributed by atoms with Crippen molar-refractivity contribution < 1.29 is 18.3 Å². The lowest BCUT2D eigenvalue weighted by molar-refractivity contribution is 0.0687. The number of rotatable bonds is 4. The van der Waals surface area contributed by atoms with E-state index in [9.17, 15) is 13.2 Å². The Kier molecular flexibility index (Phi) is 3.86. The molecule has 1 N–H and O–H groups in total. The summed E-state index contributed by atoms with van der Waals surface area (Å²) in [4.78, 5) is 16.8. The average Bonchev–Trinajstić information content (AvgIpc) is 2.70. The van der Waals surface area contributed by atoms with Crippen LogP contribution in [0.5, 0.6) is 0 Å².